The number of amides is 3. The molecule has 3 aromatic carbocycles. The Balaban J connectivity index is 1.61. The average molecular weight is 519 g/mol. The molecule has 182 valence electrons. The zero-order valence-electron chi connectivity index (χ0n) is 19.7. The number of carbonyl (C=O) groups is 2. The predicted molar refractivity (Wildman–Crippen MR) is 140 cm³/mol. The Kier molecular flexibility index (Phi) is 6.48. The van der Waals surface area contributed by atoms with Gasteiger partial charge in [-0.15, -0.1) is 0 Å². The highest BCUT2D eigenvalue weighted by atomic mass is 35.5. The molecular weight excluding hydrogens is 495 g/mol. The van der Waals surface area contributed by atoms with E-state index in [-0.39, 0.29) is 17.9 Å². The first-order chi connectivity index (χ1) is 17.4. The fourth-order valence-electron chi connectivity index (χ4n) is 5.55. The number of nitrogens with zero attached hydrogens (tertiary/aromatic N) is 4. The van der Waals surface area contributed by atoms with Crippen LogP contribution in [0.25, 0.3) is 0 Å². The third-order valence-corrected chi connectivity index (χ3v) is 7.51. The first-order valence-electron chi connectivity index (χ1n) is 11.8. The van der Waals surface area contributed by atoms with Crippen LogP contribution in [0.15, 0.2) is 72.8 Å². The summed E-state index contributed by atoms with van der Waals surface area (Å²) in [6.45, 7) is 3.87. The lowest BCUT2D eigenvalue weighted by Crippen LogP contribution is -2.55. The van der Waals surface area contributed by atoms with Crippen LogP contribution in [0.1, 0.15) is 29.5 Å². The summed E-state index contributed by atoms with van der Waals surface area (Å²) >= 11 is 12.5. The van der Waals surface area contributed by atoms with E-state index in [9.17, 15) is 14.9 Å². The molecule has 36 heavy (non-hydrogen) atoms. The van der Waals surface area contributed by atoms with Crippen LogP contribution in [0.4, 0.5) is 10.5 Å². The van der Waals surface area contributed by atoms with Gasteiger partial charge in [0.15, 0.2) is 0 Å². The molecule has 0 radical (unpaired) electrons. The number of halogens is 2. The summed E-state index contributed by atoms with van der Waals surface area (Å²) < 4.78 is 0. The highest BCUT2D eigenvalue weighted by Crippen LogP contribution is 2.47. The van der Waals surface area contributed by atoms with E-state index in [0.717, 1.165) is 11.1 Å². The van der Waals surface area contributed by atoms with Crippen LogP contribution in [-0.4, -0.2) is 46.9 Å². The maximum absolute atomic E-state index is 14.3. The molecule has 0 saturated carbocycles. The molecule has 0 aliphatic carbocycles. The molecule has 0 N–H and O–H groups in total. The number of hydrogen-bond acceptors (Lipinski definition) is 4. The highest BCUT2D eigenvalue weighted by Gasteiger charge is 2.64. The quantitative estimate of drug-likeness (QED) is 0.406. The molecule has 3 amide bonds. The number of anilines is 1. The Morgan fingerprint density at radius 3 is 2.28 bits per heavy atom. The Morgan fingerprint density at radius 2 is 1.67 bits per heavy atom. The normalized spacial score (nSPS) is 22.0. The number of hydrogen-bond donors (Lipinski definition) is 0. The van der Waals surface area contributed by atoms with Crippen molar-refractivity contribution in [3.05, 3.63) is 99.5 Å². The maximum Gasteiger partial charge on any atom is 0.332 e. The number of carbonyl (C=O) groups excluding carboxylic acids is 2. The van der Waals surface area contributed by atoms with E-state index >= 15 is 0 Å². The Bertz CT molecular complexity index is 1340. The van der Waals surface area contributed by atoms with Gasteiger partial charge < -0.3 is 4.90 Å². The van der Waals surface area contributed by atoms with Gasteiger partial charge in [0, 0.05) is 42.1 Å². The average Bonchev–Trinajstić information content (AvgIpc) is 3.33. The van der Waals surface area contributed by atoms with Gasteiger partial charge in [-0.3, -0.25) is 9.69 Å². The predicted octanol–water partition coefficient (Wildman–Crippen LogP) is 5.69. The second-order valence-corrected chi connectivity index (χ2v) is 10.0. The van der Waals surface area contributed by atoms with E-state index in [2.05, 4.69) is 23.1 Å². The van der Waals surface area contributed by atoms with Gasteiger partial charge in [-0.25, -0.2) is 9.69 Å². The second-order valence-electron chi connectivity index (χ2n) is 9.16. The number of likely N-dealkylation sites (tertiary alicyclic amines) is 1. The second kappa shape index (κ2) is 9.59. The first kappa shape index (κ1) is 24.3. The SMILES string of the molecule is CCN1C(=O)N(c2cc(Cl)cc(Cl)c2)C(=O)[C@]12CN(Cc1ccccc1)C[C@@H]2c1ccc(C#N)cc1. The van der Waals surface area contributed by atoms with Crippen molar-refractivity contribution in [2.75, 3.05) is 24.5 Å². The van der Waals surface area contributed by atoms with Crippen LogP contribution >= 0.6 is 23.2 Å². The number of rotatable bonds is 5. The third kappa shape index (κ3) is 4.04. The Morgan fingerprint density at radius 1 is 1.00 bits per heavy atom. The standard InChI is InChI=1S/C28H24Cl2N4O2/c1-2-33-27(36)34(24-13-22(29)12-23(30)14-24)26(35)28(33)18-32(16-20-6-4-3-5-7-20)17-25(28)21-10-8-19(15-31)9-11-21/h3-14,25H,2,16-18H2,1H3/t25-,28-/m1/s1. The minimum absolute atomic E-state index is 0.287. The zero-order valence-corrected chi connectivity index (χ0v) is 21.2. The van der Waals surface area contributed by atoms with Crippen molar-refractivity contribution in [3.8, 4) is 6.07 Å². The molecule has 0 bridgehead atoms. The van der Waals surface area contributed by atoms with E-state index in [1.165, 1.54) is 4.90 Å². The molecule has 2 heterocycles. The molecule has 2 aliphatic heterocycles. The number of imide groups is 1. The summed E-state index contributed by atoms with van der Waals surface area (Å²) in [5.41, 5.74) is 1.84. The molecular formula is C28H24Cl2N4O2. The summed E-state index contributed by atoms with van der Waals surface area (Å²) in [6.07, 6.45) is 0. The van der Waals surface area contributed by atoms with Gasteiger partial charge in [-0.1, -0.05) is 65.7 Å². The fraction of sp³-hybridized carbons (Fsp3) is 0.250. The topological polar surface area (TPSA) is 67.7 Å². The molecule has 2 fully saturated rings. The van der Waals surface area contributed by atoms with Gasteiger partial charge in [-0.2, -0.15) is 5.26 Å². The summed E-state index contributed by atoms with van der Waals surface area (Å²) in [4.78, 5) is 33.2. The smallest absolute Gasteiger partial charge is 0.307 e. The summed E-state index contributed by atoms with van der Waals surface area (Å²) in [5, 5.41) is 9.97. The van der Waals surface area contributed by atoms with E-state index in [1.807, 2.05) is 37.3 Å². The van der Waals surface area contributed by atoms with Crippen molar-refractivity contribution in [3.63, 3.8) is 0 Å². The molecule has 3 aromatic rings. The lowest BCUT2D eigenvalue weighted by Gasteiger charge is -2.35. The monoisotopic (exact) mass is 518 g/mol. The Hall–Kier alpha value is -3.37. The number of nitriles is 1. The molecule has 1 spiro atoms. The molecule has 2 atom stereocenters. The van der Waals surface area contributed by atoms with Crippen molar-refractivity contribution >= 4 is 40.8 Å². The number of urea groups is 1. The van der Waals surface area contributed by atoms with Crippen LogP contribution in [0.5, 0.6) is 0 Å². The van der Waals surface area contributed by atoms with E-state index < -0.39 is 5.54 Å². The molecule has 6 nitrogen and oxygen atoms in total. The van der Waals surface area contributed by atoms with Crippen molar-refractivity contribution < 1.29 is 9.59 Å². The molecule has 0 aromatic heterocycles. The van der Waals surface area contributed by atoms with Crippen LogP contribution < -0.4 is 4.90 Å². The van der Waals surface area contributed by atoms with E-state index in [0.29, 0.717) is 47.5 Å². The largest absolute Gasteiger partial charge is 0.332 e. The molecule has 2 saturated heterocycles. The van der Waals surface area contributed by atoms with Crippen molar-refractivity contribution in [2.24, 2.45) is 0 Å². The van der Waals surface area contributed by atoms with Crippen LogP contribution in [-0.2, 0) is 11.3 Å². The molecule has 8 heteroatoms. The summed E-state index contributed by atoms with van der Waals surface area (Å²) in [6, 6.07) is 23.9. The van der Waals surface area contributed by atoms with Gasteiger partial charge >= 0.3 is 6.03 Å². The van der Waals surface area contributed by atoms with E-state index in [1.54, 1.807) is 35.2 Å². The third-order valence-electron chi connectivity index (χ3n) is 7.07. The lowest BCUT2D eigenvalue weighted by atomic mass is 9.80. The van der Waals surface area contributed by atoms with Gasteiger partial charge in [0.1, 0.15) is 5.54 Å². The minimum Gasteiger partial charge on any atom is -0.307 e. The van der Waals surface area contributed by atoms with Gasteiger partial charge in [0.25, 0.3) is 5.91 Å². The molecule has 2 aliphatic rings. The molecule has 5 rings (SSSR count). The van der Waals surface area contributed by atoms with Gasteiger partial charge in [-0.05, 0) is 48.4 Å². The van der Waals surface area contributed by atoms with Gasteiger partial charge in [0.2, 0.25) is 0 Å². The summed E-state index contributed by atoms with van der Waals surface area (Å²) in [7, 11) is 0. The minimum atomic E-state index is -1.11. The zero-order chi connectivity index (χ0) is 25.4. The van der Waals surface area contributed by atoms with E-state index in [4.69, 9.17) is 23.2 Å². The first-order valence-corrected chi connectivity index (χ1v) is 12.5. The molecule has 0 unspecified atom stereocenters. The lowest BCUT2D eigenvalue weighted by molar-refractivity contribution is -0.125. The van der Waals surface area contributed by atoms with Crippen LogP contribution in [0.2, 0.25) is 10.0 Å². The number of likely N-dealkylation sites (N-methyl/N-ethyl adjacent to an activating group) is 1. The van der Waals surface area contributed by atoms with Crippen molar-refractivity contribution in [2.45, 2.75) is 24.9 Å². The van der Waals surface area contributed by atoms with Crippen LogP contribution in [0.3, 0.4) is 0 Å². The summed E-state index contributed by atoms with van der Waals surface area (Å²) in [5.74, 6) is -0.581. The van der Waals surface area contributed by atoms with Crippen molar-refractivity contribution in [1.82, 2.24) is 9.80 Å². The maximum atomic E-state index is 14.3. The van der Waals surface area contributed by atoms with Crippen LogP contribution in [0, 0.1) is 11.3 Å². The van der Waals surface area contributed by atoms with Crippen molar-refractivity contribution in [1.29, 1.82) is 5.26 Å². The Labute approximate surface area is 220 Å². The number of benzene rings is 3. The fourth-order valence-corrected chi connectivity index (χ4v) is 6.06. The van der Waals surface area contributed by atoms with Gasteiger partial charge in [0.05, 0.1) is 17.3 Å². The highest BCUT2D eigenvalue weighted by molar-refractivity contribution is 6.35.